The molecule has 21 heavy (non-hydrogen) atoms. The van der Waals surface area contributed by atoms with Gasteiger partial charge in [0.1, 0.15) is 0 Å². The number of fused-ring (bicyclic) bond motifs is 2. The van der Waals surface area contributed by atoms with Gasteiger partial charge in [0.05, 0.1) is 18.8 Å². The van der Waals surface area contributed by atoms with E-state index in [9.17, 15) is 4.79 Å². The minimum absolute atomic E-state index is 0.106. The van der Waals surface area contributed by atoms with Gasteiger partial charge in [0.25, 0.3) is 0 Å². The van der Waals surface area contributed by atoms with Gasteiger partial charge >= 0.3 is 0 Å². The molecular formula is C18H29NO2. The number of ketones is 1. The van der Waals surface area contributed by atoms with Crippen LogP contribution < -0.4 is 0 Å². The Balaban J connectivity index is 1.46. The largest absolute Gasteiger partial charge is 0.379 e. The zero-order valence-electron chi connectivity index (χ0n) is 13.2. The highest BCUT2D eigenvalue weighted by Gasteiger charge is 2.48. The van der Waals surface area contributed by atoms with Crippen molar-refractivity contribution in [1.82, 2.24) is 4.90 Å². The van der Waals surface area contributed by atoms with Crippen LogP contribution in [-0.4, -0.2) is 42.5 Å². The van der Waals surface area contributed by atoms with Crippen molar-refractivity contribution in [2.45, 2.75) is 63.3 Å². The molecule has 3 heteroatoms. The lowest BCUT2D eigenvalue weighted by molar-refractivity contribution is -0.136. The molecule has 1 heterocycles. The summed E-state index contributed by atoms with van der Waals surface area (Å²) in [6.07, 6.45) is 11.1. The monoisotopic (exact) mass is 291 g/mol. The van der Waals surface area contributed by atoms with Gasteiger partial charge in [0, 0.05) is 19.5 Å². The Labute approximate surface area is 128 Å². The molecule has 3 aliphatic carbocycles. The van der Waals surface area contributed by atoms with Crippen LogP contribution in [0.4, 0.5) is 0 Å². The average Bonchev–Trinajstić information content (AvgIpc) is 3.25. The molecular weight excluding hydrogens is 262 g/mol. The summed E-state index contributed by atoms with van der Waals surface area (Å²) in [6.45, 7) is 3.54. The number of rotatable bonds is 4. The van der Waals surface area contributed by atoms with E-state index in [-0.39, 0.29) is 5.54 Å². The Bertz CT molecular complexity index is 396. The van der Waals surface area contributed by atoms with Crippen LogP contribution in [-0.2, 0) is 9.53 Å². The van der Waals surface area contributed by atoms with Crippen molar-refractivity contribution in [3.8, 4) is 0 Å². The molecule has 4 rings (SSSR count). The molecule has 3 saturated carbocycles. The van der Waals surface area contributed by atoms with E-state index in [4.69, 9.17) is 4.74 Å². The van der Waals surface area contributed by atoms with Crippen molar-refractivity contribution >= 4 is 5.78 Å². The van der Waals surface area contributed by atoms with E-state index >= 15 is 0 Å². The van der Waals surface area contributed by atoms with E-state index in [1.807, 2.05) is 0 Å². The van der Waals surface area contributed by atoms with Gasteiger partial charge in [-0.1, -0.05) is 19.3 Å². The molecule has 3 atom stereocenters. The second-order valence-corrected chi connectivity index (χ2v) is 7.90. The highest BCUT2D eigenvalue weighted by atomic mass is 16.5. The molecule has 0 aromatic heterocycles. The molecule has 4 fully saturated rings. The third kappa shape index (κ3) is 2.46. The summed E-state index contributed by atoms with van der Waals surface area (Å²) >= 11 is 0. The van der Waals surface area contributed by atoms with Gasteiger partial charge in [-0.25, -0.2) is 0 Å². The van der Waals surface area contributed by atoms with Gasteiger partial charge in [-0.2, -0.15) is 0 Å². The second-order valence-electron chi connectivity index (χ2n) is 7.90. The molecule has 3 nitrogen and oxygen atoms in total. The molecule has 0 amide bonds. The molecule has 0 radical (unpaired) electrons. The normalized spacial score (nSPS) is 39.0. The van der Waals surface area contributed by atoms with E-state index in [1.165, 1.54) is 38.5 Å². The molecule has 0 aromatic rings. The summed E-state index contributed by atoms with van der Waals surface area (Å²) in [6, 6.07) is 0. The van der Waals surface area contributed by atoms with Crippen LogP contribution in [0, 0.1) is 17.8 Å². The van der Waals surface area contributed by atoms with Crippen molar-refractivity contribution in [3.63, 3.8) is 0 Å². The molecule has 0 aromatic carbocycles. The number of Topliss-reactive ketones (excluding diaryl/α,β-unsaturated/α-hetero) is 1. The van der Waals surface area contributed by atoms with Gasteiger partial charge in [-0.15, -0.1) is 0 Å². The van der Waals surface area contributed by atoms with Gasteiger partial charge in [-0.3, -0.25) is 9.69 Å². The minimum Gasteiger partial charge on any atom is -0.379 e. The fourth-order valence-electron chi connectivity index (χ4n) is 5.78. The Hall–Kier alpha value is -0.410. The number of carbonyl (C=O) groups excluding carboxylic acids is 1. The zero-order valence-corrected chi connectivity index (χ0v) is 13.2. The summed E-state index contributed by atoms with van der Waals surface area (Å²) in [5.74, 6) is 3.13. The first-order chi connectivity index (χ1) is 10.3. The predicted octanol–water partition coefficient (Wildman–Crippen LogP) is 3.03. The first-order valence-electron chi connectivity index (χ1n) is 9.14. The average molecular weight is 291 g/mol. The van der Waals surface area contributed by atoms with Crippen LogP contribution in [0.5, 0.6) is 0 Å². The standard InChI is InChI=1S/C18H29NO2/c20-17(13-16-12-14-3-4-15(16)11-14)18(5-1-2-6-18)19-7-9-21-10-8-19/h14-16H,1-13H2. The lowest BCUT2D eigenvalue weighted by Gasteiger charge is -2.43. The van der Waals surface area contributed by atoms with Crippen LogP contribution >= 0.6 is 0 Å². The quantitative estimate of drug-likeness (QED) is 0.797. The number of hydrogen-bond donors (Lipinski definition) is 0. The summed E-state index contributed by atoms with van der Waals surface area (Å²) in [5, 5.41) is 0. The molecule has 0 N–H and O–H groups in total. The Morgan fingerprint density at radius 1 is 1.10 bits per heavy atom. The maximum absolute atomic E-state index is 13.2. The van der Waals surface area contributed by atoms with E-state index in [1.54, 1.807) is 0 Å². The molecule has 0 spiro atoms. The first-order valence-corrected chi connectivity index (χ1v) is 9.14. The maximum Gasteiger partial charge on any atom is 0.153 e. The van der Waals surface area contributed by atoms with Crippen LogP contribution in [0.15, 0.2) is 0 Å². The fraction of sp³-hybridized carbons (Fsp3) is 0.944. The van der Waals surface area contributed by atoms with Crippen molar-refractivity contribution in [2.75, 3.05) is 26.3 Å². The molecule has 4 aliphatic rings. The van der Waals surface area contributed by atoms with Gasteiger partial charge in [0.2, 0.25) is 0 Å². The topological polar surface area (TPSA) is 29.5 Å². The second kappa shape index (κ2) is 5.66. The summed E-state index contributed by atoms with van der Waals surface area (Å²) < 4.78 is 5.50. The first kappa shape index (κ1) is 14.2. The van der Waals surface area contributed by atoms with Crippen LogP contribution in [0.3, 0.4) is 0 Å². The molecule has 1 saturated heterocycles. The smallest absolute Gasteiger partial charge is 0.153 e. The number of ether oxygens (including phenoxy) is 1. The van der Waals surface area contributed by atoms with Crippen molar-refractivity contribution in [1.29, 1.82) is 0 Å². The minimum atomic E-state index is -0.106. The van der Waals surface area contributed by atoms with Gasteiger partial charge < -0.3 is 4.74 Å². The van der Waals surface area contributed by atoms with Gasteiger partial charge in [-0.05, 0) is 49.9 Å². The summed E-state index contributed by atoms with van der Waals surface area (Å²) in [4.78, 5) is 15.7. The van der Waals surface area contributed by atoms with Crippen molar-refractivity contribution in [3.05, 3.63) is 0 Å². The Morgan fingerprint density at radius 3 is 2.48 bits per heavy atom. The Morgan fingerprint density at radius 2 is 1.86 bits per heavy atom. The summed E-state index contributed by atoms with van der Waals surface area (Å²) in [5.41, 5.74) is -0.106. The number of nitrogens with zero attached hydrogens (tertiary/aromatic N) is 1. The highest BCUT2D eigenvalue weighted by molar-refractivity contribution is 5.89. The summed E-state index contributed by atoms with van der Waals surface area (Å²) in [7, 11) is 0. The predicted molar refractivity (Wildman–Crippen MR) is 82.2 cm³/mol. The molecule has 1 aliphatic heterocycles. The lowest BCUT2D eigenvalue weighted by Crippen LogP contribution is -2.57. The van der Waals surface area contributed by atoms with Crippen molar-refractivity contribution in [2.24, 2.45) is 17.8 Å². The zero-order chi connectivity index (χ0) is 14.3. The van der Waals surface area contributed by atoms with Crippen LogP contribution in [0.2, 0.25) is 0 Å². The van der Waals surface area contributed by atoms with Crippen molar-refractivity contribution < 1.29 is 9.53 Å². The lowest BCUT2D eigenvalue weighted by atomic mass is 9.79. The third-order valence-corrected chi connectivity index (χ3v) is 6.90. The van der Waals surface area contributed by atoms with E-state index in [0.717, 1.165) is 63.3 Å². The van der Waals surface area contributed by atoms with Gasteiger partial charge in [0.15, 0.2) is 5.78 Å². The van der Waals surface area contributed by atoms with E-state index < -0.39 is 0 Å². The molecule has 118 valence electrons. The van der Waals surface area contributed by atoms with Crippen LogP contribution in [0.25, 0.3) is 0 Å². The number of carbonyl (C=O) groups is 1. The number of hydrogen-bond acceptors (Lipinski definition) is 3. The van der Waals surface area contributed by atoms with E-state index in [2.05, 4.69) is 4.90 Å². The third-order valence-electron chi connectivity index (χ3n) is 6.90. The maximum atomic E-state index is 13.2. The number of morpholine rings is 1. The fourth-order valence-corrected chi connectivity index (χ4v) is 5.78. The molecule has 3 unspecified atom stereocenters. The van der Waals surface area contributed by atoms with E-state index in [0.29, 0.717) is 5.78 Å². The SMILES string of the molecule is O=C(CC1CC2CCC1C2)C1(N2CCOCC2)CCCC1. The Kier molecular flexibility index (Phi) is 3.83. The highest BCUT2D eigenvalue weighted by Crippen LogP contribution is 2.50. The molecule has 2 bridgehead atoms. The van der Waals surface area contributed by atoms with Crippen LogP contribution in [0.1, 0.15) is 57.8 Å².